The van der Waals surface area contributed by atoms with Gasteiger partial charge in [0.25, 0.3) is 5.91 Å². The molecule has 6 heteroatoms. The molecule has 0 aliphatic carbocycles. The average Bonchev–Trinajstić information content (AvgIpc) is 2.60. The van der Waals surface area contributed by atoms with Crippen LogP contribution in [0.3, 0.4) is 0 Å². The van der Waals surface area contributed by atoms with Crippen LogP contribution in [0, 0.1) is 0 Å². The number of rotatable bonds is 6. The van der Waals surface area contributed by atoms with Crippen molar-refractivity contribution >= 4 is 35.0 Å². The van der Waals surface area contributed by atoms with Gasteiger partial charge >= 0.3 is 0 Å². The zero-order valence-electron chi connectivity index (χ0n) is 14.4. The molecule has 0 aromatic heterocycles. The second-order valence-electron chi connectivity index (χ2n) is 5.50. The summed E-state index contributed by atoms with van der Waals surface area (Å²) in [6.07, 6.45) is 0. The van der Waals surface area contributed by atoms with E-state index in [0.29, 0.717) is 5.71 Å². The van der Waals surface area contributed by atoms with Crippen LogP contribution in [-0.2, 0) is 9.59 Å². The molecule has 2 N–H and O–H groups in total. The van der Waals surface area contributed by atoms with E-state index in [0.717, 1.165) is 16.1 Å². The lowest BCUT2D eigenvalue weighted by Gasteiger charge is -2.10. The van der Waals surface area contributed by atoms with Crippen LogP contribution in [0.4, 0.5) is 5.69 Å². The van der Waals surface area contributed by atoms with Crippen molar-refractivity contribution < 1.29 is 9.59 Å². The van der Waals surface area contributed by atoms with Gasteiger partial charge in [0.05, 0.1) is 11.0 Å². The van der Waals surface area contributed by atoms with Crippen molar-refractivity contribution in [3.8, 4) is 0 Å². The molecule has 2 aromatic rings. The fraction of sp³-hybridized carbons (Fsp3) is 0.211. The summed E-state index contributed by atoms with van der Waals surface area (Å²) in [4.78, 5) is 24.2. The van der Waals surface area contributed by atoms with Gasteiger partial charge in [0.2, 0.25) is 5.91 Å². The van der Waals surface area contributed by atoms with Crippen molar-refractivity contribution in [3.63, 3.8) is 0 Å². The smallest absolute Gasteiger partial charge is 0.253 e. The number of carbonyl (C=O) groups is 2. The second-order valence-corrected chi connectivity index (χ2v) is 6.92. The molecule has 0 bridgehead atoms. The van der Waals surface area contributed by atoms with E-state index < -0.39 is 0 Å². The molecule has 1 unspecified atom stereocenters. The molecule has 5 nitrogen and oxygen atoms in total. The molecule has 2 amide bonds. The molecule has 0 fully saturated rings. The number of carbonyl (C=O) groups excluding carboxylic acids is 2. The zero-order valence-corrected chi connectivity index (χ0v) is 15.3. The maximum absolute atomic E-state index is 12.2. The minimum atomic E-state index is -0.249. The number of nitrogens with zero attached hydrogens (tertiary/aromatic N) is 1. The first-order valence-electron chi connectivity index (χ1n) is 7.89. The van der Waals surface area contributed by atoms with Crippen LogP contribution >= 0.6 is 11.8 Å². The first-order valence-corrected chi connectivity index (χ1v) is 8.77. The molecular weight excluding hydrogens is 334 g/mol. The molecular formula is C19H21N3O2S. The lowest BCUT2D eigenvalue weighted by Crippen LogP contribution is -2.27. The van der Waals surface area contributed by atoms with Crippen LogP contribution in [0.1, 0.15) is 26.3 Å². The molecule has 0 saturated carbocycles. The minimum absolute atomic E-state index is 0.115. The lowest BCUT2D eigenvalue weighted by molar-refractivity contribution is -0.120. The summed E-state index contributed by atoms with van der Waals surface area (Å²) in [6, 6.07) is 17.1. The molecule has 2 aromatic carbocycles. The summed E-state index contributed by atoms with van der Waals surface area (Å²) in [5, 5.41) is 6.62. The Balaban J connectivity index is 1.93. The van der Waals surface area contributed by atoms with Crippen molar-refractivity contribution in [3.05, 3.63) is 60.2 Å². The van der Waals surface area contributed by atoms with E-state index in [9.17, 15) is 9.59 Å². The standard InChI is InChI=1S/C19H21N3O2S/c1-13(16-9-11-17(12-10-16)20-15(3)23)21-22-19(24)14(2)25-18-7-5-4-6-8-18/h4-12,14H,1-3H3,(H,20,23)(H,22,24)/b21-13+. The Bertz CT molecular complexity index is 758. The van der Waals surface area contributed by atoms with E-state index in [1.165, 1.54) is 18.7 Å². The van der Waals surface area contributed by atoms with Crippen LogP contribution < -0.4 is 10.7 Å². The van der Waals surface area contributed by atoms with Crippen LogP contribution in [-0.4, -0.2) is 22.8 Å². The third kappa shape index (κ3) is 6.08. The Morgan fingerprint density at radius 3 is 2.24 bits per heavy atom. The molecule has 0 heterocycles. The Morgan fingerprint density at radius 1 is 1.00 bits per heavy atom. The van der Waals surface area contributed by atoms with Crippen molar-refractivity contribution in [2.75, 3.05) is 5.32 Å². The highest BCUT2D eigenvalue weighted by molar-refractivity contribution is 8.00. The van der Waals surface area contributed by atoms with Crippen molar-refractivity contribution in [2.45, 2.75) is 30.9 Å². The summed E-state index contributed by atoms with van der Waals surface area (Å²) in [5.74, 6) is -0.265. The molecule has 130 valence electrons. The molecule has 1 atom stereocenters. The highest BCUT2D eigenvalue weighted by Crippen LogP contribution is 2.22. The molecule has 0 spiro atoms. The van der Waals surface area contributed by atoms with E-state index in [-0.39, 0.29) is 17.1 Å². The highest BCUT2D eigenvalue weighted by atomic mass is 32.2. The van der Waals surface area contributed by atoms with E-state index >= 15 is 0 Å². The lowest BCUT2D eigenvalue weighted by atomic mass is 10.1. The maximum atomic E-state index is 12.2. The number of amides is 2. The van der Waals surface area contributed by atoms with Crippen molar-refractivity contribution in [2.24, 2.45) is 5.10 Å². The highest BCUT2D eigenvalue weighted by Gasteiger charge is 2.13. The van der Waals surface area contributed by atoms with Gasteiger partial charge < -0.3 is 5.32 Å². The van der Waals surface area contributed by atoms with E-state index in [4.69, 9.17) is 0 Å². The molecule has 2 rings (SSSR count). The summed E-state index contributed by atoms with van der Waals surface area (Å²) >= 11 is 1.49. The fourth-order valence-electron chi connectivity index (χ4n) is 2.05. The Labute approximate surface area is 151 Å². The molecule has 0 saturated heterocycles. The van der Waals surface area contributed by atoms with E-state index in [2.05, 4.69) is 15.8 Å². The number of hydrogen-bond donors (Lipinski definition) is 2. The van der Waals surface area contributed by atoms with E-state index in [1.54, 1.807) is 12.1 Å². The minimum Gasteiger partial charge on any atom is -0.326 e. The van der Waals surface area contributed by atoms with Crippen LogP contribution in [0.25, 0.3) is 0 Å². The van der Waals surface area contributed by atoms with Crippen LogP contribution in [0.5, 0.6) is 0 Å². The largest absolute Gasteiger partial charge is 0.326 e. The number of hydrazone groups is 1. The maximum Gasteiger partial charge on any atom is 0.253 e. The summed E-state index contributed by atoms with van der Waals surface area (Å²) in [7, 11) is 0. The molecule has 25 heavy (non-hydrogen) atoms. The first kappa shape index (κ1) is 18.7. The Kier molecular flexibility index (Phi) is 6.77. The number of hydrogen-bond acceptors (Lipinski definition) is 4. The number of nitrogens with one attached hydrogen (secondary N) is 2. The summed E-state index contributed by atoms with van der Waals surface area (Å²) < 4.78 is 0. The first-order chi connectivity index (χ1) is 12.0. The molecule has 0 aliphatic heterocycles. The number of anilines is 1. The molecule has 0 radical (unpaired) electrons. The van der Waals surface area contributed by atoms with Gasteiger partial charge in [-0.05, 0) is 43.7 Å². The predicted molar refractivity (Wildman–Crippen MR) is 103 cm³/mol. The summed E-state index contributed by atoms with van der Waals surface area (Å²) in [5.41, 5.74) is 4.90. The van der Waals surface area contributed by atoms with Gasteiger partial charge in [-0.25, -0.2) is 5.43 Å². The number of benzene rings is 2. The van der Waals surface area contributed by atoms with Crippen molar-refractivity contribution in [1.29, 1.82) is 0 Å². The van der Waals surface area contributed by atoms with Gasteiger partial charge in [-0.1, -0.05) is 30.3 Å². The van der Waals surface area contributed by atoms with Crippen LogP contribution in [0.2, 0.25) is 0 Å². The SMILES string of the molecule is CC(=O)Nc1ccc(/C(C)=N/NC(=O)C(C)Sc2ccccc2)cc1. The van der Waals surface area contributed by atoms with Crippen LogP contribution in [0.15, 0.2) is 64.6 Å². The third-order valence-corrected chi connectivity index (χ3v) is 4.49. The quantitative estimate of drug-likeness (QED) is 0.472. The van der Waals surface area contributed by atoms with Gasteiger partial charge in [-0.2, -0.15) is 5.10 Å². The van der Waals surface area contributed by atoms with Gasteiger partial charge in [-0.3, -0.25) is 9.59 Å². The van der Waals surface area contributed by atoms with Gasteiger partial charge in [0.1, 0.15) is 0 Å². The monoisotopic (exact) mass is 355 g/mol. The predicted octanol–water partition coefficient (Wildman–Crippen LogP) is 3.67. The van der Waals surface area contributed by atoms with Gasteiger partial charge in [0, 0.05) is 17.5 Å². The Morgan fingerprint density at radius 2 is 1.64 bits per heavy atom. The van der Waals surface area contributed by atoms with Gasteiger partial charge in [-0.15, -0.1) is 11.8 Å². The zero-order chi connectivity index (χ0) is 18.2. The van der Waals surface area contributed by atoms with Gasteiger partial charge in [0.15, 0.2) is 0 Å². The Hall–Kier alpha value is -2.60. The molecule has 0 aliphatic rings. The second kappa shape index (κ2) is 9.03. The normalized spacial score (nSPS) is 12.4. The summed E-state index contributed by atoms with van der Waals surface area (Å²) in [6.45, 7) is 5.13. The fourth-order valence-corrected chi connectivity index (χ4v) is 2.93. The van der Waals surface area contributed by atoms with E-state index in [1.807, 2.05) is 56.3 Å². The average molecular weight is 355 g/mol. The number of thioether (sulfide) groups is 1. The van der Waals surface area contributed by atoms with Crippen molar-refractivity contribution in [1.82, 2.24) is 5.43 Å². The topological polar surface area (TPSA) is 70.6 Å². The third-order valence-electron chi connectivity index (χ3n) is 3.38.